The van der Waals surface area contributed by atoms with Gasteiger partial charge in [0.2, 0.25) is 10.0 Å². The topological polar surface area (TPSA) is 46.2 Å². The van der Waals surface area contributed by atoms with Gasteiger partial charge in [0.15, 0.2) is 0 Å². The minimum atomic E-state index is -3.26. The third-order valence-corrected chi connectivity index (χ3v) is 4.47. The molecule has 1 aromatic rings. The summed E-state index contributed by atoms with van der Waals surface area (Å²) in [5.74, 6) is 0. The summed E-state index contributed by atoms with van der Waals surface area (Å²) < 4.78 is 25.8. The quantitative estimate of drug-likeness (QED) is 0.797. The lowest BCUT2D eigenvalue weighted by Crippen LogP contribution is -2.25. The largest absolute Gasteiger partial charge is 0.218 e. The Labute approximate surface area is 96.4 Å². The maximum absolute atomic E-state index is 11.7. The number of benzene rings is 1. The van der Waals surface area contributed by atoms with Crippen LogP contribution in [0.1, 0.15) is 24.2 Å². The maximum atomic E-state index is 11.7. The van der Waals surface area contributed by atoms with Gasteiger partial charge in [-0.05, 0) is 31.2 Å². The van der Waals surface area contributed by atoms with Crippen LogP contribution in [0.15, 0.2) is 29.2 Å². The van der Waals surface area contributed by atoms with Crippen LogP contribution in [0.3, 0.4) is 0 Å². The maximum Gasteiger partial charge on any atom is 0.218 e. The highest BCUT2D eigenvalue weighted by atomic mass is 32.2. The van der Waals surface area contributed by atoms with Crippen molar-refractivity contribution in [3.05, 3.63) is 29.8 Å². The molecular weight excluding hydrogens is 230 g/mol. The average Bonchev–Trinajstić information content (AvgIpc) is 2.18. The molecule has 1 atom stereocenters. The molecule has 0 heterocycles. The number of thiol groups is 1. The van der Waals surface area contributed by atoms with Crippen LogP contribution in [0.25, 0.3) is 0 Å². The van der Waals surface area contributed by atoms with Gasteiger partial charge in [-0.2, -0.15) is 0 Å². The van der Waals surface area contributed by atoms with Gasteiger partial charge in [-0.15, -0.1) is 12.6 Å². The normalized spacial score (nSPS) is 13.8. The molecule has 5 heteroatoms. The predicted octanol–water partition coefficient (Wildman–Crippen LogP) is 1.98. The number of hydrogen-bond donors (Lipinski definition) is 2. The van der Waals surface area contributed by atoms with Crippen LogP contribution in [0.5, 0.6) is 0 Å². The van der Waals surface area contributed by atoms with Crippen molar-refractivity contribution >= 4 is 22.7 Å². The van der Waals surface area contributed by atoms with Crippen LogP contribution in [0, 0.1) is 0 Å². The zero-order chi connectivity index (χ0) is 11.5. The molecule has 3 nitrogen and oxygen atoms in total. The summed E-state index contributed by atoms with van der Waals surface area (Å²) in [7, 11) is -1.83. The first-order valence-corrected chi connectivity index (χ1v) is 6.72. The van der Waals surface area contributed by atoms with E-state index in [0.717, 1.165) is 10.5 Å². The molecule has 0 aromatic heterocycles. The van der Waals surface area contributed by atoms with Gasteiger partial charge in [0.25, 0.3) is 0 Å². The third kappa shape index (κ3) is 2.96. The van der Waals surface area contributed by atoms with Gasteiger partial charge in [-0.25, -0.2) is 13.1 Å². The second-order valence-electron chi connectivity index (χ2n) is 3.24. The molecule has 84 valence electrons. The van der Waals surface area contributed by atoms with E-state index in [1.807, 2.05) is 25.1 Å². The van der Waals surface area contributed by atoms with Crippen molar-refractivity contribution in [1.82, 2.24) is 4.72 Å². The molecule has 0 saturated carbocycles. The van der Waals surface area contributed by atoms with Gasteiger partial charge < -0.3 is 0 Å². The Morgan fingerprint density at radius 2 is 2.13 bits per heavy atom. The van der Waals surface area contributed by atoms with Crippen LogP contribution in [0.4, 0.5) is 0 Å². The molecule has 0 aliphatic rings. The van der Waals surface area contributed by atoms with Crippen molar-refractivity contribution in [1.29, 1.82) is 0 Å². The van der Waals surface area contributed by atoms with Crippen LogP contribution in [-0.2, 0) is 10.0 Å². The Morgan fingerprint density at radius 1 is 1.47 bits per heavy atom. The van der Waals surface area contributed by atoms with Gasteiger partial charge in [0, 0.05) is 4.90 Å². The van der Waals surface area contributed by atoms with Crippen molar-refractivity contribution in [3.63, 3.8) is 0 Å². The van der Waals surface area contributed by atoms with Crippen molar-refractivity contribution in [2.24, 2.45) is 0 Å². The fourth-order valence-electron chi connectivity index (χ4n) is 1.50. The Hall–Kier alpha value is -0.520. The summed E-state index contributed by atoms with van der Waals surface area (Å²) in [6.45, 7) is 1.85. The molecule has 0 saturated heterocycles. The minimum absolute atomic E-state index is 0.505. The summed E-state index contributed by atoms with van der Waals surface area (Å²) >= 11 is 4.20. The zero-order valence-corrected chi connectivity index (χ0v) is 10.5. The molecular formula is C10H15NO2S2. The van der Waals surface area contributed by atoms with Crippen molar-refractivity contribution in [2.75, 3.05) is 7.05 Å². The Balaban J connectivity index is 3.14. The van der Waals surface area contributed by atoms with Gasteiger partial charge >= 0.3 is 0 Å². The van der Waals surface area contributed by atoms with Crippen molar-refractivity contribution < 1.29 is 8.42 Å². The summed E-state index contributed by atoms with van der Waals surface area (Å²) in [5, 5.41) is -0.505. The van der Waals surface area contributed by atoms with Crippen molar-refractivity contribution in [2.45, 2.75) is 23.5 Å². The molecule has 0 amide bonds. The summed E-state index contributed by atoms with van der Waals surface area (Å²) in [6, 6.07) is 7.23. The van der Waals surface area contributed by atoms with Gasteiger partial charge in [-0.3, -0.25) is 0 Å². The second-order valence-corrected chi connectivity index (χ2v) is 5.82. The van der Waals surface area contributed by atoms with E-state index in [4.69, 9.17) is 0 Å². The lowest BCUT2D eigenvalue weighted by molar-refractivity contribution is 0.570. The minimum Gasteiger partial charge on any atom is -0.218 e. The highest BCUT2D eigenvalue weighted by Crippen LogP contribution is 2.26. The molecule has 0 aliphatic carbocycles. The molecule has 0 radical (unpaired) electrons. The van der Waals surface area contributed by atoms with Crippen molar-refractivity contribution in [3.8, 4) is 0 Å². The van der Waals surface area contributed by atoms with E-state index in [0.29, 0.717) is 6.42 Å². The summed E-state index contributed by atoms with van der Waals surface area (Å²) in [6.07, 6.45) is 0.542. The fraction of sp³-hybridized carbons (Fsp3) is 0.400. The Bertz CT molecular complexity index is 429. The zero-order valence-electron chi connectivity index (χ0n) is 8.77. The van der Waals surface area contributed by atoms with E-state index >= 15 is 0 Å². The van der Waals surface area contributed by atoms with Crippen LogP contribution >= 0.6 is 12.6 Å². The number of hydrogen-bond acceptors (Lipinski definition) is 3. The van der Waals surface area contributed by atoms with Gasteiger partial charge in [0.1, 0.15) is 5.25 Å². The second kappa shape index (κ2) is 5.01. The smallest absolute Gasteiger partial charge is 0.218 e. The molecule has 0 fully saturated rings. The first-order valence-electron chi connectivity index (χ1n) is 4.72. The van der Waals surface area contributed by atoms with Crippen LogP contribution < -0.4 is 4.72 Å². The SMILES string of the molecule is CCC(c1cccc(S)c1)S(=O)(=O)NC. The van der Waals surface area contributed by atoms with E-state index in [9.17, 15) is 8.42 Å². The molecule has 15 heavy (non-hydrogen) atoms. The number of nitrogens with one attached hydrogen (secondary N) is 1. The van der Waals surface area contributed by atoms with E-state index in [1.165, 1.54) is 7.05 Å². The highest BCUT2D eigenvalue weighted by Gasteiger charge is 2.23. The first kappa shape index (κ1) is 12.5. The third-order valence-electron chi connectivity index (χ3n) is 2.27. The van der Waals surface area contributed by atoms with E-state index < -0.39 is 15.3 Å². The molecule has 1 N–H and O–H groups in total. The predicted molar refractivity (Wildman–Crippen MR) is 64.7 cm³/mol. The van der Waals surface area contributed by atoms with E-state index in [1.54, 1.807) is 6.07 Å². The summed E-state index contributed by atoms with van der Waals surface area (Å²) in [4.78, 5) is 0.775. The van der Waals surface area contributed by atoms with Crippen LogP contribution in [0.2, 0.25) is 0 Å². The lowest BCUT2D eigenvalue weighted by atomic mass is 10.1. The molecule has 1 unspecified atom stereocenters. The number of rotatable bonds is 4. The Morgan fingerprint density at radius 3 is 2.60 bits per heavy atom. The summed E-state index contributed by atoms with van der Waals surface area (Å²) in [5.41, 5.74) is 0.777. The molecule has 0 aliphatic heterocycles. The highest BCUT2D eigenvalue weighted by molar-refractivity contribution is 7.89. The molecule has 0 spiro atoms. The molecule has 0 bridgehead atoms. The lowest BCUT2D eigenvalue weighted by Gasteiger charge is -2.15. The molecule has 1 aromatic carbocycles. The van der Waals surface area contributed by atoms with E-state index in [2.05, 4.69) is 17.4 Å². The Kier molecular flexibility index (Phi) is 4.19. The number of sulfonamides is 1. The van der Waals surface area contributed by atoms with E-state index in [-0.39, 0.29) is 0 Å². The van der Waals surface area contributed by atoms with Gasteiger partial charge in [-0.1, -0.05) is 19.1 Å². The monoisotopic (exact) mass is 245 g/mol. The van der Waals surface area contributed by atoms with Gasteiger partial charge in [0.05, 0.1) is 0 Å². The fourth-order valence-corrected chi connectivity index (χ4v) is 2.97. The first-order chi connectivity index (χ1) is 7.01. The van der Waals surface area contributed by atoms with Crippen LogP contribution in [-0.4, -0.2) is 15.5 Å². The average molecular weight is 245 g/mol. The molecule has 1 rings (SSSR count). The standard InChI is InChI=1S/C10H15NO2S2/c1-3-10(15(12,13)11-2)8-5-4-6-9(14)7-8/h4-7,10-11,14H,3H2,1-2H3.